The molecule has 0 aliphatic heterocycles. The molecule has 1 aliphatic carbocycles. The van der Waals surface area contributed by atoms with Gasteiger partial charge in [0.15, 0.2) is 0 Å². The zero-order chi connectivity index (χ0) is 11.6. The standard InChI is InChI=1S/C14H21NO/c1-11-8-12(10-13(9-11)16-2)14(15)6-4-3-5-7-14/h8-10H,3-7,15H2,1-2H3. The van der Waals surface area contributed by atoms with Gasteiger partial charge in [-0.15, -0.1) is 0 Å². The van der Waals surface area contributed by atoms with E-state index in [1.54, 1.807) is 7.11 Å². The van der Waals surface area contributed by atoms with Crippen LogP contribution < -0.4 is 10.5 Å². The van der Waals surface area contributed by atoms with Crippen molar-refractivity contribution in [3.05, 3.63) is 29.3 Å². The lowest BCUT2D eigenvalue weighted by atomic mass is 9.77. The van der Waals surface area contributed by atoms with Gasteiger partial charge in [0.05, 0.1) is 7.11 Å². The summed E-state index contributed by atoms with van der Waals surface area (Å²) in [7, 11) is 1.71. The predicted octanol–water partition coefficient (Wildman–Crippen LogP) is 3.12. The van der Waals surface area contributed by atoms with Crippen molar-refractivity contribution in [3.8, 4) is 5.75 Å². The molecule has 16 heavy (non-hydrogen) atoms. The number of hydrogen-bond acceptors (Lipinski definition) is 2. The number of benzene rings is 1. The molecule has 88 valence electrons. The zero-order valence-electron chi connectivity index (χ0n) is 10.3. The first kappa shape index (κ1) is 11.5. The van der Waals surface area contributed by atoms with E-state index in [1.165, 1.54) is 30.4 Å². The van der Waals surface area contributed by atoms with Crippen molar-refractivity contribution in [3.63, 3.8) is 0 Å². The SMILES string of the molecule is COc1cc(C)cc(C2(N)CCCCC2)c1. The Labute approximate surface area is 97.8 Å². The van der Waals surface area contributed by atoms with Gasteiger partial charge in [-0.3, -0.25) is 0 Å². The Kier molecular flexibility index (Phi) is 3.20. The highest BCUT2D eigenvalue weighted by Crippen LogP contribution is 2.36. The fourth-order valence-corrected chi connectivity index (χ4v) is 2.62. The Bertz CT molecular complexity index is 367. The molecule has 2 rings (SSSR count). The van der Waals surface area contributed by atoms with Crippen LogP contribution >= 0.6 is 0 Å². The van der Waals surface area contributed by atoms with Crippen LogP contribution in [0.5, 0.6) is 5.75 Å². The third-order valence-electron chi connectivity index (χ3n) is 3.61. The molecule has 2 N–H and O–H groups in total. The second-order valence-corrected chi connectivity index (χ2v) is 4.96. The number of ether oxygens (including phenoxy) is 1. The van der Waals surface area contributed by atoms with Gasteiger partial charge in [0.1, 0.15) is 5.75 Å². The van der Waals surface area contributed by atoms with Crippen molar-refractivity contribution in [1.82, 2.24) is 0 Å². The minimum Gasteiger partial charge on any atom is -0.497 e. The number of methoxy groups -OCH3 is 1. The molecule has 2 nitrogen and oxygen atoms in total. The summed E-state index contributed by atoms with van der Waals surface area (Å²) in [6.07, 6.45) is 6.00. The van der Waals surface area contributed by atoms with E-state index in [0.717, 1.165) is 18.6 Å². The van der Waals surface area contributed by atoms with Crippen molar-refractivity contribution in [2.24, 2.45) is 5.73 Å². The average Bonchev–Trinajstić information content (AvgIpc) is 2.29. The van der Waals surface area contributed by atoms with Crippen LogP contribution in [0.15, 0.2) is 18.2 Å². The summed E-state index contributed by atoms with van der Waals surface area (Å²) in [5.41, 5.74) is 8.86. The van der Waals surface area contributed by atoms with Crippen LogP contribution in [-0.2, 0) is 5.54 Å². The van der Waals surface area contributed by atoms with Crippen LogP contribution in [-0.4, -0.2) is 7.11 Å². The van der Waals surface area contributed by atoms with E-state index >= 15 is 0 Å². The third kappa shape index (κ3) is 2.22. The molecule has 0 aromatic heterocycles. The first-order chi connectivity index (χ1) is 7.64. The van der Waals surface area contributed by atoms with Crippen molar-refractivity contribution in [1.29, 1.82) is 0 Å². The second-order valence-electron chi connectivity index (χ2n) is 4.96. The molecule has 0 saturated heterocycles. The lowest BCUT2D eigenvalue weighted by Gasteiger charge is -2.34. The quantitative estimate of drug-likeness (QED) is 0.829. The van der Waals surface area contributed by atoms with E-state index in [2.05, 4.69) is 25.1 Å². The molecular formula is C14H21NO. The highest BCUT2D eigenvalue weighted by Gasteiger charge is 2.29. The van der Waals surface area contributed by atoms with E-state index in [-0.39, 0.29) is 5.54 Å². The molecule has 0 bridgehead atoms. The lowest BCUT2D eigenvalue weighted by molar-refractivity contribution is 0.300. The minimum atomic E-state index is -0.127. The Morgan fingerprint density at radius 3 is 2.44 bits per heavy atom. The van der Waals surface area contributed by atoms with Crippen LogP contribution in [0.25, 0.3) is 0 Å². The number of hydrogen-bond donors (Lipinski definition) is 1. The first-order valence-corrected chi connectivity index (χ1v) is 6.09. The van der Waals surface area contributed by atoms with Crippen LogP contribution in [0.2, 0.25) is 0 Å². The summed E-state index contributed by atoms with van der Waals surface area (Å²) in [6.45, 7) is 2.10. The second kappa shape index (κ2) is 4.46. The summed E-state index contributed by atoms with van der Waals surface area (Å²) in [5.74, 6) is 0.922. The van der Waals surface area contributed by atoms with Crippen LogP contribution in [0, 0.1) is 6.92 Å². The Hall–Kier alpha value is -1.02. The molecule has 1 aliphatic rings. The summed E-state index contributed by atoms with van der Waals surface area (Å²) >= 11 is 0. The molecule has 1 fully saturated rings. The van der Waals surface area contributed by atoms with E-state index in [4.69, 9.17) is 10.5 Å². The molecule has 1 aromatic carbocycles. The van der Waals surface area contributed by atoms with Crippen LogP contribution in [0.3, 0.4) is 0 Å². The molecule has 1 aromatic rings. The summed E-state index contributed by atoms with van der Waals surface area (Å²) in [6, 6.07) is 6.35. The van der Waals surface area contributed by atoms with Gasteiger partial charge in [-0.2, -0.15) is 0 Å². The van der Waals surface area contributed by atoms with Gasteiger partial charge in [-0.25, -0.2) is 0 Å². The number of rotatable bonds is 2. The van der Waals surface area contributed by atoms with Gasteiger partial charge in [0, 0.05) is 5.54 Å². The van der Waals surface area contributed by atoms with E-state index in [9.17, 15) is 0 Å². The molecule has 0 amide bonds. The Morgan fingerprint density at radius 2 is 1.81 bits per heavy atom. The van der Waals surface area contributed by atoms with Gasteiger partial charge < -0.3 is 10.5 Å². The monoisotopic (exact) mass is 219 g/mol. The molecule has 0 unspecified atom stereocenters. The molecule has 0 heterocycles. The van der Waals surface area contributed by atoms with Gasteiger partial charge in [-0.1, -0.05) is 25.3 Å². The van der Waals surface area contributed by atoms with E-state index in [0.29, 0.717) is 0 Å². The van der Waals surface area contributed by atoms with Crippen molar-refractivity contribution in [2.75, 3.05) is 7.11 Å². The minimum absolute atomic E-state index is 0.127. The van der Waals surface area contributed by atoms with Gasteiger partial charge >= 0.3 is 0 Å². The predicted molar refractivity (Wildman–Crippen MR) is 66.7 cm³/mol. The Balaban J connectivity index is 2.34. The van der Waals surface area contributed by atoms with Gasteiger partial charge in [0.25, 0.3) is 0 Å². The maximum Gasteiger partial charge on any atom is 0.119 e. The number of nitrogens with two attached hydrogens (primary N) is 1. The van der Waals surface area contributed by atoms with Crippen LogP contribution in [0.1, 0.15) is 43.2 Å². The van der Waals surface area contributed by atoms with Crippen molar-refractivity contribution < 1.29 is 4.74 Å². The molecule has 0 spiro atoms. The summed E-state index contributed by atoms with van der Waals surface area (Å²) < 4.78 is 5.32. The normalized spacial score (nSPS) is 19.4. The topological polar surface area (TPSA) is 35.2 Å². The van der Waals surface area contributed by atoms with Gasteiger partial charge in [-0.05, 0) is 43.0 Å². The summed E-state index contributed by atoms with van der Waals surface area (Å²) in [4.78, 5) is 0. The average molecular weight is 219 g/mol. The highest BCUT2D eigenvalue weighted by molar-refractivity contribution is 5.37. The van der Waals surface area contributed by atoms with Crippen molar-refractivity contribution in [2.45, 2.75) is 44.6 Å². The zero-order valence-corrected chi connectivity index (χ0v) is 10.3. The van der Waals surface area contributed by atoms with Crippen molar-refractivity contribution >= 4 is 0 Å². The maximum absolute atomic E-state index is 6.52. The molecule has 2 heteroatoms. The highest BCUT2D eigenvalue weighted by atomic mass is 16.5. The molecular weight excluding hydrogens is 198 g/mol. The molecule has 1 saturated carbocycles. The lowest BCUT2D eigenvalue weighted by Crippen LogP contribution is -2.38. The largest absolute Gasteiger partial charge is 0.497 e. The molecule has 0 radical (unpaired) electrons. The summed E-state index contributed by atoms with van der Waals surface area (Å²) in [5, 5.41) is 0. The number of aryl methyl sites for hydroxylation is 1. The third-order valence-corrected chi connectivity index (χ3v) is 3.61. The van der Waals surface area contributed by atoms with Crippen LogP contribution in [0.4, 0.5) is 0 Å². The fourth-order valence-electron chi connectivity index (χ4n) is 2.62. The Morgan fingerprint density at radius 1 is 1.12 bits per heavy atom. The smallest absolute Gasteiger partial charge is 0.119 e. The van der Waals surface area contributed by atoms with E-state index < -0.39 is 0 Å². The maximum atomic E-state index is 6.52. The van der Waals surface area contributed by atoms with Gasteiger partial charge in [0.2, 0.25) is 0 Å². The molecule has 0 atom stereocenters. The fraction of sp³-hybridized carbons (Fsp3) is 0.571. The van der Waals surface area contributed by atoms with E-state index in [1.807, 2.05) is 0 Å². The first-order valence-electron chi connectivity index (χ1n) is 6.09.